The topological polar surface area (TPSA) is 68.2 Å². The fourth-order valence-electron chi connectivity index (χ4n) is 1.98. The molecule has 0 fully saturated rings. The Kier molecular flexibility index (Phi) is 5.83. The summed E-state index contributed by atoms with van der Waals surface area (Å²) in [6.45, 7) is 2.41. The Morgan fingerprint density at radius 3 is 2.80 bits per heavy atom. The monoisotopic (exact) mass is 376 g/mol. The molecular weight excluding hydrogens is 361 g/mol. The van der Waals surface area contributed by atoms with E-state index in [-0.39, 0.29) is 12.4 Å². The molecule has 6 nitrogen and oxygen atoms in total. The van der Waals surface area contributed by atoms with Gasteiger partial charge in [-0.25, -0.2) is 4.79 Å². The number of nitrogens with zero attached hydrogens (tertiary/aromatic N) is 2. The number of thiophene rings is 1. The number of halogens is 3. The maximum absolute atomic E-state index is 12.8. The van der Waals surface area contributed by atoms with Crippen LogP contribution in [0.5, 0.6) is 0 Å². The molecular formula is C15H15F3N2O4S. The third-order valence-corrected chi connectivity index (χ3v) is 4.34. The average molecular weight is 376 g/mol. The third kappa shape index (κ3) is 4.81. The Hall–Kier alpha value is -2.36. The van der Waals surface area contributed by atoms with Crippen molar-refractivity contribution in [1.29, 1.82) is 0 Å². The van der Waals surface area contributed by atoms with Crippen molar-refractivity contribution in [3.05, 3.63) is 22.6 Å². The summed E-state index contributed by atoms with van der Waals surface area (Å²) in [5.74, 6) is -1.47. The van der Waals surface area contributed by atoms with Gasteiger partial charge in [-0.1, -0.05) is 5.16 Å². The van der Waals surface area contributed by atoms with Crippen molar-refractivity contribution in [3.63, 3.8) is 0 Å². The molecule has 0 N–H and O–H groups in total. The van der Waals surface area contributed by atoms with Crippen molar-refractivity contribution in [2.75, 3.05) is 25.1 Å². The minimum absolute atomic E-state index is 0.190. The van der Waals surface area contributed by atoms with E-state index < -0.39 is 23.4 Å². The molecule has 0 bridgehead atoms. The zero-order valence-corrected chi connectivity index (χ0v) is 14.2. The van der Waals surface area contributed by atoms with Crippen molar-refractivity contribution in [2.45, 2.75) is 19.5 Å². The molecule has 0 aliphatic carbocycles. The van der Waals surface area contributed by atoms with Gasteiger partial charge in [0.2, 0.25) is 0 Å². The quantitative estimate of drug-likeness (QED) is 0.434. The minimum Gasteiger partial charge on any atom is -0.466 e. The van der Waals surface area contributed by atoms with Crippen molar-refractivity contribution in [2.24, 2.45) is 5.16 Å². The van der Waals surface area contributed by atoms with Gasteiger partial charge >= 0.3 is 18.1 Å². The summed E-state index contributed by atoms with van der Waals surface area (Å²) >= 11 is 1.17. The van der Waals surface area contributed by atoms with Gasteiger partial charge < -0.3 is 14.5 Å². The first-order valence-electron chi connectivity index (χ1n) is 7.27. The van der Waals surface area contributed by atoms with Crippen LogP contribution in [0.4, 0.5) is 18.2 Å². The molecule has 1 aliphatic heterocycles. The molecule has 0 unspecified atom stereocenters. The SMILES string of the molecule is CCOC(=O)CCN(C)c1ccc(C=C2C(=O)ON=C2C(F)(F)F)s1. The molecule has 1 aliphatic rings. The summed E-state index contributed by atoms with van der Waals surface area (Å²) < 4.78 is 43.3. The number of ether oxygens (including phenoxy) is 1. The van der Waals surface area contributed by atoms with E-state index in [0.717, 1.165) is 11.1 Å². The lowest BCUT2D eigenvalue weighted by molar-refractivity contribution is -0.143. The number of carbonyl (C=O) groups excluding carboxylic acids is 2. The van der Waals surface area contributed by atoms with Crippen LogP contribution in [-0.2, 0) is 19.2 Å². The van der Waals surface area contributed by atoms with E-state index in [1.54, 1.807) is 31.0 Å². The molecule has 0 radical (unpaired) electrons. The van der Waals surface area contributed by atoms with Crippen LogP contribution >= 0.6 is 11.3 Å². The van der Waals surface area contributed by atoms with Gasteiger partial charge in [-0.3, -0.25) is 4.79 Å². The van der Waals surface area contributed by atoms with Crippen molar-refractivity contribution in [1.82, 2.24) is 0 Å². The molecule has 0 saturated heterocycles. The number of esters is 1. The molecule has 0 spiro atoms. The number of hydrogen-bond acceptors (Lipinski definition) is 7. The Labute approximate surface area is 145 Å². The van der Waals surface area contributed by atoms with Crippen LogP contribution in [0, 0.1) is 0 Å². The fraction of sp³-hybridized carbons (Fsp3) is 0.400. The van der Waals surface area contributed by atoms with Crippen LogP contribution in [0.15, 0.2) is 22.9 Å². The second kappa shape index (κ2) is 7.68. The maximum atomic E-state index is 12.8. The van der Waals surface area contributed by atoms with Gasteiger partial charge in [-0.05, 0) is 25.1 Å². The van der Waals surface area contributed by atoms with Crippen LogP contribution in [0.25, 0.3) is 6.08 Å². The van der Waals surface area contributed by atoms with Crippen molar-refractivity contribution in [3.8, 4) is 0 Å². The lowest BCUT2D eigenvalue weighted by atomic mass is 10.1. The number of anilines is 1. The normalized spacial score (nSPS) is 16.0. The van der Waals surface area contributed by atoms with Crippen LogP contribution in [0.1, 0.15) is 18.2 Å². The largest absolute Gasteiger partial charge is 0.466 e. The predicted octanol–water partition coefficient (Wildman–Crippen LogP) is 3.00. The van der Waals surface area contributed by atoms with Gasteiger partial charge in [-0.15, -0.1) is 11.3 Å². The summed E-state index contributed by atoms with van der Waals surface area (Å²) in [5, 5.41) is 3.52. The lowest BCUT2D eigenvalue weighted by Gasteiger charge is -2.16. The van der Waals surface area contributed by atoms with Gasteiger partial charge in [0.1, 0.15) is 0 Å². The first-order chi connectivity index (χ1) is 11.7. The number of carbonyl (C=O) groups is 2. The molecule has 0 atom stereocenters. The summed E-state index contributed by atoms with van der Waals surface area (Å²) in [6, 6.07) is 3.26. The number of alkyl halides is 3. The number of rotatable bonds is 6. The second-order valence-corrected chi connectivity index (χ2v) is 6.12. The highest BCUT2D eigenvalue weighted by molar-refractivity contribution is 7.17. The zero-order chi connectivity index (χ0) is 18.6. The van der Waals surface area contributed by atoms with E-state index in [1.165, 1.54) is 11.3 Å². The summed E-state index contributed by atoms with van der Waals surface area (Å²) in [4.78, 5) is 29.1. The first kappa shape index (κ1) is 19.0. The van der Waals surface area contributed by atoms with Crippen molar-refractivity contribution >= 4 is 40.1 Å². The van der Waals surface area contributed by atoms with Gasteiger partial charge in [0.05, 0.1) is 23.6 Å². The summed E-state index contributed by atoms with van der Waals surface area (Å²) in [7, 11) is 1.74. The second-order valence-electron chi connectivity index (χ2n) is 5.03. The first-order valence-corrected chi connectivity index (χ1v) is 8.09. The van der Waals surface area contributed by atoms with Crippen LogP contribution in [0.3, 0.4) is 0 Å². The highest BCUT2D eigenvalue weighted by Gasteiger charge is 2.45. The van der Waals surface area contributed by atoms with E-state index in [0.29, 0.717) is 18.0 Å². The van der Waals surface area contributed by atoms with Crippen LogP contribution in [-0.4, -0.2) is 44.0 Å². The van der Waals surface area contributed by atoms with Crippen LogP contribution < -0.4 is 4.90 Å². The molecule has 1 aromatic heterocycles. The standard InChI is InChI=1S/C15H15F3N2O4S/c1-3-23-12(21)6-7-20(2)11-5-4-9(25-11)8-10-13(15(16,17)18)19-24-14(10)22/h4-5,8H,3,6-7H2,1-2H3. The Morgan fingerprint density at radius 1 is 1.44 bits per heavy atom. The molecule has 136 valence electrons. The van der Waals surface area contributed by atoms with Gasteiger partial charge in [0.15, 0.2) is 5.71 Å². The summed E-state index contributed by atoms with van der Waals surface area (Å²) in [6.07, 6.45) is -3.49. The van der Waals surface area contributed by atoms with E-state index in [9.17, 15) is 22.8 Å². The smallest absolute Gasteiger partial charge is 0.437 e. The third-order valence-electron chi connectivity index (χ3n) is 3.20. The molecule has 10 heteroatoms. The number of oxime groups is 1. The van der Waals surface area contributed by atoms with E-state index in [2.05, 4.69) is 9.99 Å². The van der Waals surface area contributed by atoms with Gasteiger partial charge in [0.25, 0.3) is 0 Å². The Bertz CT molecular complexity index is 725. The highest BCUT2D eigenvalue weighted by atomic mass is 32.1. The molecule has 2 rings (SSSR count). The molecule has 0 saturated carbocycles. The maximum Gasteiger partial charge on any atom is 0.437 e. The fourth-order valence-corrected chi connectivity index (χ4v) is 2.92. The number of hydrogen-bond donors (Lipinski definition) is 0. The van der Waals surface area contributed by atoms with Crippen LogP contribution in [0.2, 0.25) is 0 Å². The van der Waals surface area contributed by atoms with Gasteiger partial charge in [0, 0.05) is 18.5 Å². The average Bonchev–Trinajstić information content (AvgIpc) is 3.13. The van der Waals surface area contributed by atoms with E-state index in [4.69, 9.17) is 4.74 Å². The van der Waals surface area contributed by atoms with Gasteiger partial charge in [-0.2, -0.15) is 13.2 Å². The zero-order valence-electron chi connectivity index (χ0n) is 13.4. The van der Waals surface area contributed by atoms with E-state index in [1.807, 2.05) is 0 Å². The highest BCUT2D eigenvalue weighted by Crippen LogP contribution is 2.31. The summed E-state index contributed by atoms with van der Waals surface area (Å²) in [5.41, 5.74) is -1.97. The lowest BCUT2D eigenvalue weighted by Crippen LogP contribution is -2.24. The predicted molar refractivity (Wildman–Crippen MR) is 86.4 cm³/mol. The molecule has 0 aromatic carbocycles. The molecule has 2 heterocycles. The molecule has 25 heavy (non-hydrogen) atoms. The molecule has 0 amide bonds. The Balaban J connectivity index is 2.09. The minimum atomic E-state index is -4.77. The molecule has 1 aromatic rings. The van der Waals surface area contributed by atoms with E-state index >= 15 is 0 Å². The Morgan fingerprint density at radius 2 is 2.16 bits per heavy atom. The van der Waals surface area contributed by atoms with Crippen molar-refractivity contribution < 1.29 is 32.3 Å².